The van der Waals surface area contributed by atoms with Gasteiger partial charge >= 0.3 is 0 Å². The summed E-state index contributed by atoms with van der Waals surface area (Å²) < 4.78 is 0. The number of nitrogen functional groups attached to an aromatic ring is 1. The van der Waals surface area contributed by atoms with Gasteiger partial charge in [-0.15, -0.1) is 0 Å². The van der Waals surface area contributed by atoms with Crippen LogP contribution < -0.4 is 16.6 Å². The van der Waals surface area contributed by atoms with E-state index in [9.17, 15) is 4.79 Å². The lowest BCUT2D eigenvalue weighted by Gasteiger charge is -2.25. The Balaban J connectivity index is 2.08. The van der Waals surface area contributed by atoms with Crippen molar-refractivity contribution in [3.05, 3.63) is 23.9 Å². The largest absolute Gasteiger partial charge is 0.347 e. The van der Waals surface area contributed by atoms with E-state index in [2.05, 4.69) is 22.7 Å². The minimum absolute atomic E-state index is 0.0589. The fourth-order valence-electron chi connectivity index (χ4n) is 2.28. The van der Waals surface area contributed by atoms with Crippen molar-refractivity contribution in [1.29, 1.82) is 0 Å². The lowest BCUT2D eigenvalue weighted by molar-refractivity contribution is 0.0908. The molecule has 2 rings (SSSR count). The number of hydrogen-bond acceptors (Lipinski definition) is 4. The van der Waals surface area contributed by atoms with Gasteiger partial charge in [-0.2, -0.15) is 0 Å². The number of nitrogens with two attached hydrogens (primary N) is 1. The summed E-state index contributed by atoms with van der Waals surface area (Å²) in [5, 5.41) is 3.09. The first-order chi connectivity index (χ1) is 8.13. The number of hydrogen-bond donors (Lipinski definition) is 3. The standard InChI is InChI=1S/C12H18N4O/c1-12(5-2-3-6-12)15-11(17)9-4-7-14-10(8-9)16-13/h4,7-8H,2-3,5-6,13H2,1H3,(H,14,16)(H,15,17). The summed E-state index contributed by atoms with van der Waals surface area (Å²) in [6.07, 6.45) is 6.03. The highest BCUT2D eigenvalue weighted by atomic mass is 16.1. The zero-order valence-electron chi connectivity index (χ0n) is 9.99. The number of carbonyl (C=O) groups excluding carboxylic acids is 1. The van der Waals surface area contributed by atoms with E-state index < -0.39 is 0 Å². The van der Waals surface area contributed by atoms with Gasteiger partial charge in [-0.25, -0.2) is 10.8 Å². The SMILES string of the molecule is CC1(NC(=O)c2ccnc(NN)c2)CCCC1. The third-order valence-corrected chi connectivity index (χ3v) is 3.29. The Bertz CT molecular complexity index is 413. The highest BCUT2D eigenvalue weighted by Gasteiger charge is 2.30. The quantitative estimate of drug-likeness (QED) is 0.546. The van der Waals surface area contributed by atoms with Gasteiger partial charge < -0.3 is 10.7 Å². The maximum absolute atomic E-state index is 12.1. The number of pyridine rings is 1. The van der Waals surface area contributed by atoms with Crippen LogP contribution in [-0.2, 0) is 0 Å². The Morgan fingerprint density at radius 2 is 2.18 bits per heavy atom. The number of nitrogens with one attached hydrogen (secondary N) is 2. The van der Waals surface area contributed by atoms with E-state index in [4.69, 9.17) is 5.84 Å². The van der Waals surface area contributed by atoms with Gasteiger partial charge in [0, 0.05) is 17.3 Å². The molecule has 5 heteroatoms. The molecule has 0 atom stereocenters. The minimum Gasteiger partial charge on any atom is -0.347 e. The molecule has 0 spiro atoms. The number of carbonyl (C=O) groups is 1. The van der Waals surface area contributed by atoms with Crippen molar-refractivity contribution >= 4 is 11.7 Å². The first-order valence-corrected chi connectivity index (χ1v) is 5.88. The normalized spacial score (nSPS) is 17.8. The van der Waals surface area contributed by atoms with E-state index in [1.54, 1.807) is 18.3 Å². The van der Waals surface area contributed by atoms with Gasteiger partial charge in [-0.05, 0) is 31.9 Å². The molecule has 17 heavy (non-hydrogen) atoms. The van der Waals surface area contributed by atoms with Crippen LogP contribution in [-0.4, -0.2) is 16.4 Å². The number of aromatic nitrogens is 1. The van der Waals surface area contributed by atoms with Crippen LogP contribution in [0.2, 0.25) is 0 Å². The predicted octanol–water partition coefficient (Wildman–Crippen LogP) is 1.43. The lowest BCUT2D eigenvalue weighted by Crippen LogP contribution is -2.43. The molecule has 0 aliphatic heterocycles. The molecule has 5 nitrogen and oxygen atoms in total. The first-order valence-electron chi connectivity index (χ1n) is 5.88. The van der Waals surface area contributed by atoms with E-state index in [-0.39, 0.29) is 11.4 Å². The van der Waals surface area contributed by atoms with Crippen LogP contribution in [0.5, 0.6) is 0 Å². The minimum atomic E-state index is -0.0618. The Hall–Kier alpha value is -1.62. The molecule has 92 valence electrons. The molecule has 1 aliphatic rings. The second-order valence-corrected chi connectivity index (χ2v) is 4.80. The summed E-state index contributed by atoms with van der Waals surface area (Å²) in [5.41, 5.74) is 2.96. The van der Waals surface area contributed by atoms with Gasteiger partial charge in [0.05, 0.1) is 0 Å². The molecule has 1 aromatic rings. The third-order valence-electron chi connectivity index (χ3n) is 3.29. The average Bonchev–Trinajstić information content (AvgIpc) is 2.76. The van der Waals surface area contributed by atoms with Crippen molar-refractivity contribution in [2.75, 3.05) is 5.43 Å². The molecule has 0 bridgehead atoms. The van der Waals surface area contributed by atoms with Crippen LogP contribution in [0.25, 0.3) is 0 Å². The highest BCUT2D eigenvalue weighted by Crippen LogP contribution is 2.29. The molecule has 0 radical (unpaired) electrons. The summed E-state index contributed by atoms with van der Waals surface area (Å²) in [4.78, 5) is 16.0. The van der Waals surface area contributed by atoms with Gasteiger partial charge in [0.25, 0.3) is 5.91 Å². The average molecular weight is 234 g/mol. The van der Waals surface area contributed by atoms with E-state index in [1.807, 2.05) is 0 Å². The predicted molar refractivity (Wildman–Crippen MR) is 66.4 cm³/mol. The van der Waals surface area contributed by atoms with Gasteiger partial charge in [0.2, 0.25) is 0 Å². The number of anilines is 1. The van der Waals surface area contributed by atoms with Crippen LogP contribution in [0.3, 0.4) is 0 Å². The molecule has 1 aromatic heterocycles. The Kier molecular flexibility index (Phi) is 3.28. The lowest BCUT2D eigenvalue weighted by atomic mass is 10.00. The highest BCUT2D eigenvalue weighted by molar-refractivity contribution is 5.95. The molecule has 1 saturated carbocycles. The Morgan fingerprint density at radius 3 is 2.82 bits per heavy atom. The zero-order chi connectivity index (χ0) is 12.3. The molecule has 0 aromatic carbocycles. The summed E-state index contributed by atoms with van der Waals surface area (Å²) in [6, 6.07) is 3.34. The molecule has 4 N–H and O–H groups in total. The number of nitrogens with zero attached hydrogens (tertiary/aromatic N) is 1. The van der Waals surface area contributed by atoms with Gasteiger partial charge in [-0.1, -0.05) is 12.8 Å². The van der Waals surface area contributed by atoms with Crippen LogP contribution in [0.1, 0.15) is 43.0 Å². The van der Waals surface area contributed by atoms with Crippen molar-refractivity contribution in [3.63, 3.8) is 0 Å². The Morgan fingerprint density at radius 1 is 1.47 bits per heavy atom. The van der Waals surface area contributed by atoms with Gasteiger partial charge in [-0.3, -0.25) is 4.79 Å². The fraction of sp³-hybridized carbons (Fsp3) is 0.500. The van der Waals surface area contributed by atoms with E-state index in [0.29, 0.717) is 11.4 Å². The van der Waals surface area contributed by atoms with Crippen molar-refractivity contribution in [2.24, 2.45) is 5.84 Å². The summed E-state index contributed by atoms with van der Waals surface area (Å²) in [6.45, 7) is 2.10. The third kappa shape index (κ3) is 2.74. The molecule has 1 amide bonds. The van der Waals surface area contributed by atoms with E-state index in [0.717, 1.165) is 12.8 Å². The monoisotopic (exact) mass is 234 g/mol. The number of amides is 1. The Labute approximate surface area is 101 Å². The first kappa shape index (κ1) is 11.9. The molecule has 1 aliphatic carbocycles. The van der Waals surface area contributed by atoms with Crippen LogP contribution in [0, 0.1) is 0 Å². The summed E-state index contributed by atoms with van der Waals surface area (Å²) >= 11 is 0. The molecule has 1 fully saturated rings. The van der Waals surface area contributed by atoms with Crippen molar-refractivity contribution in [3.8, 4) is 0 Å². The topological polar surface area (TPSA) is 80.0 Å². The summed E-state index contributed by atoms with van der Waals surface area (Å²) in [7, 11) is 0. The second kappa shape index (κ2) is 4.71. The van der Waals surface area contributed by atoms with E-state index in [1.165, 1.54) is 12.8 Å². The molecule has 1 heterocycles. The van der Waals surface area contributed by atoms with Crippen LogP contribution >= 0.6 is 0 Å². The zero-order valence-corrected chi connectivity index (χ0v) is 9.99. The number of hydrazine groups is 1. The molecular weight excluding hydrogens is 216 g/mol. The van der Waals surface area contributed by atoms with Gasteiger partial charge in [0.1, 0.15) is 5.82 Å². The van der Waals surface area contributed by atoms with Crippen LogP contribution in [0.15, 0.2) is 18.3 Å². The molecule has 0 saturated heterocycles. The fourth-order valence-corrected chi connectivity index (χ4v) is 2.28. The molecule has 0 unspecified atom stereocenters. The molecular formula is C12H18N4O. The van der Waals surface area contributed by atoms with Crippen molar-refractivity contribution < 1.29 is 4.79 Å². The maximum Gasteiger partial charge on any atom is 0.251 e. The second-order valence-electron chi connectivity index (χ2n) is 4.80. The van der Waals surface area contributed by atoms with Crippen LogP contribution in [0.4, 0.5) is 5.82 Å². The van der Waals surface area contributed by atoms with E-state index >= 15 is 0 Å². The van der Waals surface area contributed by atoms with Crippen molar-refractivity contribution in [2.45, 2.75) is 38.1 Å². The number of rotatable bonds is 3. The smallest absolute Gasteiger partial charge is 0.251 e. The maximum atomic E-state index is 12.1. The van der Waals surface area contributed by atoms with Gasteiger partial charge in [0.15, 0.2) is 0 Å². The van der Waals surface area contributed by atoms with Crippen molar-refractivity contribution in [1.82, 2.24) is 10.3 Å². The summed E-state index contributed by atoms with van der Waals surface area (Å²) in [5.74, 6) is 5.70.